The van der Waals surface area contributed by atoms with Gasteiger partial charge in [-0.3, -0.25) is 14.5 Å². The number of ketones is 1. The van der Waals surface area contributed by atoms with Gasteiger partial charge in [-0.15, -0.1) is 0 Å². The first-order valence-electron chi connectivity index (χ1n) is 9.93. The van der Waals surface area contributed by atoms with E-state index < -0.39 is 6.09 Å². The Hall–Kier alpha value is -3.90. The zero-order valence-electron chi connectivity index (χ0n) is 17.0. The van der Waals surface area contributed by atoms with Crippen LogP contribution in [0, 0.1) is 0 Å². The van der Waals surface area contributed by atoms with Crippen molar-refractivity contribution in [3.8, 4) is 0 Å². The van der Waals surface area contributed by atoms with E-state index in [1.54, 1.807) is 72.8 Å². The molecule has 1 aliphatic heterocycles. The van der Waals surface area contributed by atoms with Crippen molar-refractivity contribution >= 4 is 46.8 Å². The molecule has 3 aromatic rings. The maximum atomic E-state index is 12.6. The first-order chi connectivity index (χ1) is 15.5. The zero-order chi connectivity index (χ0) is 22.5. The average Bonchev–Trinajstić information content (AvgIpc) is 3.24. The summed E-state index contributed by atoms with van der Waals surface area (Å²) in [5.41, 5.74) is 2.94. The number of cyclic esters (lactones) is 1. The Morgan fingerprint density at radius 1 is 0.969 bits per heavy atom. The summed E-state index contributed by atoms with van der Waals surface area (Å²) < 4.78 is 4.95. The summed E-state index contributed by atoms with van der Waals surface area (Å²) in [4.78, 5) is 38.3. The number of rotatable bonds is 6. The van der Waals surface area contributed by atoms with Crippen LogP contribution in [-0.4, -0.2) is 30.9 Å². The molecule has 3 aromatic carbocycles. The summed E-state index contributed by atoms with van der Waals surface area (Å²) in [6, 6.07) is 20.6. The quantitative estimate of drug-likeness (QED) is 0.404. The van der Waals surface area contributed by atoms with Crippen molar-refractivity contribution in [2.45, 2.75) is 0 Å². The molecule has 0 unspecified atom stereocenters. The number of halogens is 1. The maximum absolute atomic E-state index is 12.6. The molecule has 6 nitrogen and oxygen atoms in total. The number of anilines is 2. The smallest absolute Gasteiger partial charge is 0.414 e. The molecule has 7 heteroatoms. The second-order valence-electron chi connectivity index (χ2n) is 7.10. The van der Waals surface area contributed by atoms with Crippen molar-refractivity contribution < 1.29 is 19.1 Å². The fourth-order valence-electron chi connectivity index (χ4n) is 3.25. The van der Waals surface area contributed by atoms with Crippen LogP contribution in [0.3, 0.4) is 0 Å². The lowest BCUT2D eigenvalue weighted by Gasteiger charge is -2.13. The van der Waals surface area contributed by atoms with Crippen LogP contribution in [0.15, 0.2) is 78.9 Å². The van der Waals surface area contributed by atoms with E-state index in [4.69, 9.17) is 16.3 Å². The van der Waals surface area contributed by atoms with E-state index in [-0.39, 0.29) is 11.7 Å². The van der Waals surface area contributed by atoms with Crippen LogP contribution in [-0.2, 0) is 4.74 Å². The lowest BCUT2D eigenvalue weighted by Crippen LogP contribution is -2.23. The predicted octanol–water partition coefficient (Wildman–Crippen LogP) is 5.45. The van der Waals surface area contributed by atoms with E-state index in [1.807, 2.05) is 6.07 Å². The van der Waals surface area contributed by atoms with Crippen molar-refractivity contribution in [1.82, 2.24) is 0 Å². The number of ether oxygens (including phenoxy) is 1. The summed E-state index contributed by atoms with van der Waals surface area (Å²) >= 11 is 5.86. The largest absolute Gasteiger partial charge is 0.447 e. The molecule has 0 aromatic heterocycles. The normalized spacial score (nSPS) is 13.3. The number of hydrogen-bond donors (Lipinski definition) is 1. The van der Waals surface area contributed by atoms with Crippen LogP contribution in [0.4, 0.5) is 16.2 Å². The number of hydrogen-bond acceptors (Lipinski definition) is 4. The van der Waals surface area contributed by atoms with Crippen LogP contribution in [0.1, 0.15) is 26.3 Å². The SMILES string of the molecule is O=C(/C=C/c1cccc(NC(=O)c2ccc(Cl)cc2)c1)c1cccc(N2CCOC2=O)c1. The summed E-state index contributed by atoms with van der Waals surface area (Å²) in [7, 11) is 0. The standard InChI is InChI=1S/C25H19ClN2O4/c26-20-10-8-18(9-11-20)24(30)27-21-5-1-3-17(15-21)7-12-23(29)19-4-2-6-22(16-19)28-13-14-32-25(28)31/h1-12,15-16H,13-14H2,(H,27,30)/b12-7+. The number of nitrogens with one attached hydrogen (secondary N) is 1. The van der Waals surface area contributed by atoms with Gasteiger partial charge in [-0.25, -0.2) is 4.79 Å². The molecule has 0 bridgehead atoms. The minimum absolute atomic E-state index is 0.199. The van der Waals surface area contributed by atoms with Gasteiger partial charge in [0.1, 0.15) is 6.61 Å². The van der Waals surface area contributed by atoms with Crippen molar-refractivity contribution in [3.63, 3.8) is 0 Å². The topological polar surface area (TPSA) is 75.7 Å². The molecule has 0 atom stereocenters. The van der Waals surface area contributed by atoms with Gasteiger partial charge in [0, 0.05) is 27.5 Å². The number of amides is 2. The second kappa shape index (κ2) is 9.49. The third-order valence-corrected chi connectivity index (χ3v) is 5.13. The number of carbonyl (C=O) groups excluding carboxylic acids is 3. The molecule has 0 spiro atoms. The van der Waals surface area contributed by atoms with Gasteiger partial charge in [-0.2, -0.15) is 0 Å². The van der Waals surface area contributed by atoms with Crippen molar-refractivity contribution in [1.29, 1.82) is 0 Å². The molecule has 1 N–H and O–H groups in total. The Morgan fingerprint density at radius 3 is 2.50 bits per heavy atom. The number of nitrogens with zero attached hydrogens (tertiary/aromatic N) is 1. The van der Waals surface area contributed by atoms with E-state index in [0.717, 1.165) is 5.56 Å². The molecule has 32 heavy (non-hydrogen) atoms. The van der Waals surface area contributed by atoms with E-state index in [9.17, 15) is 14.4 Å². The van der Waals surface area contributed by atoms with Gasteiger partial charge in [-0.1, -0.05) is 41.9 Å². The molecule has 1 aliphatic rings. The average molecular weight is 447 g/mol. The molecule has 0 saturated carbocycles. The number of benzene rings is 3. The molecule has 160 valence electrons. The molecule has 0 aliphatic carbocycles. The number of carbonyl (C=O) groups is 3. The van der Waals surface area contributed by atoms with Gasteiger partial charge in [0.05, 0.1) is 6.54 Å². The van der Waals surface area contributed by atoms with Crippen molar-refractivity contribution in [3.05, 3.63) is 101 Å². The highest BCUT2D eigenvalue weighted by atomic mass is 35.5. The van der Waals surface area contributed by atoms with Gasteiger partial charge in [0.25, 0.3) is 5.91 Å². The molecule has 1 fully saturated rings. The summed E-state index contributed by atoms with van der Waals surface area (Å²) in [6.07, 6.45) is 2.72. The van der Waals surface area contributed by atoms with Crippen LogP contribution < -0.4 is 10.2 Å². The summed E-state index contributed by atoms with van der Waals surface area (Å²) in [6.45, 7) is 0.794. The van der Waals surface area contributed by atoms with Crippen LogP contribution in [0.2, 0.25) is 5.02 Å². The predicted molar refractivity (Wildman–Crippen MR) is 124 cm³/mol. The Labute approximate surface area is 190 Å². The lowest BCUT2D eigenvalue weighted by atomic mass is 10.1. The third kappa shape index (κ3) is 5.04. The first-order valence-corrected chi connectivity index (χ1v) is 10.3. The van der Waals surface area contributed by atoms with Gasteiger partial charge in [-0.05, 0) is 60.2 Å². The molecular formula is C25H19ClN2O4. The highest BCUT2D eigenvalue weighted by Gasteiger charge is 2.23. The van der Waals surface area contributed by atoms with Crippen LogP contribution >= 0.6 is 11.6 Å². The Morgan fingerprint density at radius 2 is 1.75 bits per heavy atom. The molecule has 0 radical (unpaired) electrons. The Kier molecular flexibility index (Phi) is 6.33. The Bertz CT molecular complexity index is 1200. The highest BCUT2D eigenvalue weighted by Crippen LogP contribution is 2.21. The van der Waals surface area contributed by atoms with Gasteiger partial charge in [0.2, 0.25) is 0 Å². The second-order valence-corrected chi connectivity index (χ2v) is 7.54. The lowest BCUT2D eigenvalue weighted by molar-refractivity contribution is 0.102. The van der Waals surface area contributed by atoms with Gasteiger partial charge in [0.15, 0.2) is 5.78 Å². The summed E-state index contributed by atoms with van der Waals surface area (Å²) in [5, 5.41) is 3.39. The van der Waals surface area contributed by atoms with Gasteiger partial charge < -0.3 is 10.1 Å². The molecule has 4 rings (SSSR count). The van der Waals surface area contributed by atoms with Gasteiger partial charge >= 0.3 is 6.09 Å². The maximum Gasteiger partial charge on any atom is 0.414 e. The molecular weight excluding hydrogens is 428 g/mol. The molecule has 1 heterocycles. The first kappa shape index (κ1) is 21.3. The fraction of sp³-hybridized carbons (Fsp3) is 0.0800. The highest BCUT2D eigenvalue weighted by molar-refractivity contribution is 6.30. The van der Waals surface area contributed by atoms with Crippen molar-refractivity contribution in [2.75, 3.05) is 23.4 Å². The molecule has 2 amide bonds. The van der Waals surface area contributed by atoms with E-state index in [1.165, 1.54) is 11.0 Å². The van der Waals surface area contributed by atoms with E-state index in [0.29, 0.717) is 40.7 Å². The molecule has 1 saturated heterocycles. The fourth-order valence-corrected chi connectivity index (χ4v) is 3.37. The Balaban J connectivity index is 1.44. The minimum Gasteiger partial charge on any atom is -0.447 e. The van der Waals surface area contributed by atoms with Crippen LogP contribution in [0.5, 0.6) is 0 Å². The third-order valence-electron chi connectivity index (χ3n) is 4.88. The zero-order valence-corrected chi connectivity index (χ0v) is 17.7. The number of allylic oxidation sites excluding steroid dienone is 1. The van der Waals surface area contributed by atoms with Crippen molar-refractivity contribution in [2.24, 2.45) is 0 Å². The monoisotopic (exact) mass is 446 g/mol. The van der Waals surface area contributed by atoms with E-state index >= 15 is 0 Å². The van der Waals surface area contributed by atoms with E-state index in [2.05, 4.69) is 5.32 Å². The van der Waals surface area contributed by atoms with Crippen LogP contribution in [0.25, 0.3) is 6.08 Å². The minimum atomic E-state index is -0.414. The summed E-state index contributed by atoms with van der Waals surface area (Å²) in [5.74, 6) is -0.453.